The van der Waals surface area contributed by atoms with E-state index in [1.54, 1.807) is 0 Å². The molecule has 1 saturated carbocycles. The van der Waals surface area contributed by atoms with Gasteiger partial charge in [-0.1, -0.05) is 45.4 Å². The molecular formula is C21H31NO4. The molecule has 0 bridgehead atoms. The van der Waals surface area contributed by atoms with E-state index in [1.807, 2.05) is 24.3 Å². The van der Waals surface area contributed by atoms with Crippen molar-refractivity contribution >= 4 is 5.91 Å². The van der Waals surface area contributed by atoms with E-state index in [0.717, 1.165) is 12.8 Å². The highest BCUT2D eigenvalue weighted by molar-refractivity contribution is 5.85. The highest BCUT2D eigenvalue weighted by Crippen LogP contribution is 2.42. The number of hydrogen-bond donors (Lipinski definition) is 3. The lowest BCUT2D eigenvalue weighted by molar-refractivity contribution is -0.157. The molecule has 5 nitrogen and oxygen atoms in total. The predicted octanol–water partition coefficient (Wildman–Crippen LogP) is 2.60. The minimum atomic E-state index is -1.37. The number of ether oxygens (including phenoxy) is 1. The maximum absolute atomic E-state index is 13.0. The van der Waals surface area contributed by atoms with Gasteiger partial charge in [0.1, 0.15) is 17.0 Å². The first-order valence-electron chi connectivity index (χ1n) is 9.71. The molecule has 3 rings (SSSR count). The molecule has 1 aliphatic carbocycles. The number of nitrogens with one attached hydrogen (secondary N) is 1. The van der Waals surface area contributed by atoms with E-state index in [1.165, 1.54) is 0 Å². The molecule has 1 aliphatic heterocycles. The Balaban J connectivity index is 1.76. The van der Waals surface area contributed by atoms with Crippen LogP contribution in [-0.4, -0.2) is 34.9 Å². The molecule has 3 unspecified atom stereocenters. The van der Waals surface area contributed by atoms with Gasteiger partial charge in [-0.05, 0) is 36.7 Å². The number of fused-ring (bicyclic) bond motifs is 1. The molecule has 0 spiro atoms. The van der Waals surface area contributed by atoms with Crippen molar-refractivity contribution in [3.8, 4) is 5.75 Å². The third kappa shape index (κ3) is 3.47. The lowest BCUT2D eigenvalue weighted by Gasteiger charge is -2.44. The van der Waals surface area contributed by atoms with E-state index < -0.39 is 11.2 Å². The molecule has 0 saturated heterocycles. The van der Waals surface area contributed by atoms with Crippen molar-refractivity contribution in [2.45, 2.75) is 57.7 Å². The van der Waals surface area contributed by atoms with Crippen LogP contribution in [0.25, 0.3) is 0 Å². The monoisotopic (exact) mass is 361 g/mol. The molecule has 144 valence electrons. The zero-order valence-corrected chi connectivity index (χ0v) is 16.0. The highest BCUT2D eigenvalue weighted by Gasteiger charge is 2.49. The minimum absolute atomic E-state index is 0.0599. The Kier molecular flexibility index (Phi) is 5.31. The van der Waals surface area contributed by atoms with Crippen LogP contribution in [0, 0.1) is 17.8 Å². The maximum atomic E-state index is 13.0. The zero-order chi connectivity index (χ0) is 18.9. The quantitative estimate of drug-likeness (QED) is 0.770. The number of hydrogen-bond acceptors (Lipinski definition) is 4. The molecule has 1 aromatic rings. The number of rotatable bonds is 4. The number of carbonyl (C=O) groups excluding carboxylic acids is 1. The fourth-order valence-electron chi connectivity index (χ4n) is 4.64. The Labute approximate surface area is 155 Å². The van der Waals surface area contributed by atoms with Gasteiger partial charge in [0.15, 0.2) is 0 Å². The van der Waals surface area contributed by atoms with Gasteiger partial charge >= 0.3 is 0 Å². The van der Waals surface area contributed by atoms with Crippen molar-refractivity contribution < 1.29 is 19.7 Å². The van der Waals surface area contributed by atoms with Crippen molar-refractivity contribution in [1.82, 2.24) is 5.32 Å². The van der Waals surface area contributed by atoms with Crippen LogP contribution >= 0.6 is 0 Å². The van der Waals surface area contributed by atoms with Gasteiger partial charge in [-0.3, -0.25) is 4.79 Å². The molecule has 3 N–H and O–H groups in total. The van der Waals surface area contributed by atoms with Crippen LogP contribution < -0.4 is 10.1 Å². The maximum Gasteiger partial charge on any atom is 0.252 e. The van der Waals surface area contributed by atoms with E-state index in [0.29, 0.717) is 36.7 Å². The van der Waals surface area contributed by atoms with Crippen molar-refractivity contribution in [3.63, 3.8) is 0 Å². The number of benzene rings is 1. The predicted molar refractivity (Wildman–Crippen MR) is 99.8 cm³/mol. The van der Waals surface area contributed by atoms with Crippen LogP contribution in [0.5, 0.6) is 5.75 Å². The third-order valence-corrected chi connectivity index (χ3v) is 6.14. The van der Waals surface area contributed by atoms with Gasteiger partial charge in [0.05, 0.1) is 13.2 Å². The molecule has 1 aromatic carbocycles. The van der Waals surface area contributed by atoms with Gasteiger partial charge in [0, 0.05) is 12.0 Å². The normalized spacial score (nSPS) is 34.1. The van der Waals surface area contributed by atoms with E-state index in [9.17, 15) is 15.0 Å². The first kappa shape index (κ1) is 19.2. The summed E-state index contributed by atoms with van der Waals surface area (Å²) in [6, 6.07) is 7.37. The van der Waals surface area contributed by atoms with Crippen LogP contribution in [-0.2, 0) is 10.4 Å². The molecule has 0 aromatic heterocycles. The molecule has 1 fully saturated rings. The van der Waals surface area contributed by atoms with E-state index in [4.69, 9.17) is 4.74 Å². The van der Waals surface area contributed by atoms with Crippen molar-refractivity contribution in [2.75, 3.05) is 13.2 Å². The van der Waals surface area contributed by atoms with E-state index in [2.05, 4.69) is 26.1 Å². The summed E-state index contributed by atoms with van der Waals surface area (Å²) in [5.74, 6) is 0.772. The van der Waals surface area contributed by atoms with Crippen molar-refractivity contribution in [2.24, 2.45) is 17.8 Å². The van der Waals surface area contributed by atoms with Gasteiger partial charge in [-0.15, -0.1) is 0 Å². The molecule has 26 heavy (non-hydrogen) atoms. The number of aliphatic hydroxyl groups is 2. The second kappa shape index (κ2) is 7.20. The summed E-state index contributed by atoms with van der Waals surface area (Å²) in [5.41, 5.74) is -1.85. The first-order valence-corrected chi connectivity index (χ1v) is 9.71. The zero-order valence-electron chi connectivity index (χ0n) is 16.0. The van der Waals surface area contributed by atoms with Gasteiger partial charge in [-0.2, -0.15) is 0 Å². The largest absolute Gasteiger partial charge is 0.493 e. The Morgan fingerprint density at radius 1 is 1.31 bits per heavy atom. The summed E-state index contributed by atoms with van der Waals surface area (Å²) in [6.45, 7) is 6.67. The Morgan fingerprint density at radius 2 is 2.04 bits per heavy atom. The van der Waals surface area contributed by atoms with E-state index >= 15 is 0 Å². The summed E-state index contributed by atoms with van der Waals surface area (Å²) in [5, 5.41) is 25.2. The summed E-state index contributed by atoms with van der Waals surface area (Å²) in [4.78, 5) is 13.0. The van der Waals surface area contributed by atoms with Gasteiger partial charge in [0.2, 0.25) is 0 Å². The van der Waals surface area contributed by atoms with Gasteiger partial charge < -0.3 is 20.3 Å². The van der Waals surface area contributed by atoms with Crippen molar-refractivity contribution in [3.05, 3.63) is 29.8 Å². The average molecular weight is 361 g/mol. The molecule has 5 heteroatoms. The Hall–Kier alpha value is -1.59. The topological polar surface area (TPSA) is 78.8 Å². The molecule has 1 heterocycles. The summed E-state index contributed by atoms with van der Waals surface area (Å²) < 4.78 is 5.60. The fourth-order valence-corrected chi connectivity index (χ4v) is 4.64. The second-order valence-corrected chi connectivity index (χ2v) is 8.47. The Morgan fingerprint density at radius 3 is 2.77 bits per heavy atom. The number of para-hydroxylation sites is 1. The average Bonchev–Trinajstić information content (AvgIpc) is 2.60. The number of amides is 1. The minimum Gasteiger partial charge on any atom is -0.493 e. The summed E-state index contributed by atoms with van der Waals surface area (Å²) in [7, 11) is 0. The van der Waals surface area contributed by atoms with Crippen LogP contribution in [0.2, 0.25) is 0 Å². The summed E-state index contributed by atoms with van der Waals surface area (Å²) in [6.07, 6.45) is 2.77. The number of carbonyl (C=O) groups is 1. The van der Waals surface area contributed by atoms with Gasteiger partial charge in [-0.25, -0.2) is 0 Å². The Bertz CT molecular complexity index is 661. The smallest absolute Gasteiger partial charge is 0.252 e. The molecule has 4 atom stereocenters. The lowest BCUT2D eigenvalue weighted by Crippen LogP contribution is -2.58. The molecule has 1 amide bonds. The SMILES string of the molecule is CC1CCC(C(C)C)[C@@](O)(C(=O)NCC2(O)CCOc3ccccc32)C1. The molecular weight excluding hydrogens is 330 g/mol. The van der Waals surface area contributed by atoms with Crippen LogP contribution in [0.3, 0.4) is 0 Å². The third-order valence-electron chi connectivity index (χ3n) is 6.14. The first-order chi connectivity index (χ1) is 12.3. The van der Waals surface area contributed by atoms with Crippen LogP contribution in [0.15, 0.2) is 24.3 Å². The van der Waals surface area contributed by atoms with Crippen molar-refractivity contribution in [1.29, 1.82) is 0 Å². The summed E-state index contributed by atoms with van der Waals surface area (Å²) >= 11 is 0. The van der Waals surface area contributed by atoms with E-state index in [-0.39, 0.29) is 24.3 Å². The van der Waals surface area contributed by atoms with Gasteiger partial charge in [0.25, 0.3) is 5.91 Å². The fraction of sp³-hybridized carbons (Fsp3) is 0.667. The standard InChI is InChI=1S/C21H31NO4/c1-14(2)16-9-8-15(3)12-21(16,25)19(23)22-13-20(24)10-11-26-18-7-5-4-6-17(18)20/h4-7,14-16,24-25H,8-13H2,1-3H3,(H,22,23)/t15?,16?,20?,21-/m1/s1. The lowest BCUT2D eigenvalue weighted by atomic mass is 9.66. The second-order valence-electron chi connectivity index (χ2n) is 8.47. The van der Waals surface area contributed by atoms with Crippen LogP contribution in [0.4, 0.5) is 0 Å². The highest BCUT2D eigenvalue weighted by atomic mass is 16.5. The molecule has 2 aliphatic rings. The van der Waals surface area contributed by atoms with Crippen LogP contribution in [0.1, 0.15) is 52.0 Å². The molecule has 0 radical (unpaired) electrons.